The van der Waals surface area contributed by atoms with Gasteiger partial charge in [-0.3, -0.25) is 9.59 Å². The van der Waals surface area contributed by atoms with E-state index in [1.807, 2.05) is 0 Å². The number of ether oxygens (including phenoxy) is 3. The smallest absolute Gasteiger partial charge is 0.303 e. The molecule has 17 atom stereocenters. The fourth-order valence-electron chi connectivity index (χ4n) is 12.0. The lowest BCUT2D eigenvalue weighted by Gasteiger charge is -2.64. The lowest BCUT2D eigenvalue weighted by atomic mass is 9.42. The van der Waals surface area contributed by atoms with E-state index in [2.05, 4.69) is 48.5 Å². The molecule has 0 aromatic carbocycles. The van der Waals surface area contributed by atoms with Crippen molar-refractivity contribution in [3.8, 4) is 0 Å². The molecule has 1 heterocycles. The van der Waals surface area contributed by atoms with Crippen molar-refractivity contribution in [3.05, 3.63) is 0 Å². The molecule has 1 saturated heterocycles. The van der Waals surface area contributed by atoms with Crippen molar-refractivity contribution in [3.63, 3.8) is 0 Å². The van der Waals surface area contributed by atoms with Gasteiger partial charge in [0, 0.05) is 48.9 Å². The van der Waals surface area contributed by atoms with E-state index in [0.717, 1.165) is 6.42 Å². The van der Waals surface area contributed by atoms with Gasteiger partial charge in [-0.2, -0.15) is 0 Å². The van der Waals surface area contributed by atoms with Crippen molar-refractivity contribution in [2.45, 2.75) is 137 Å². The van der Waals surface area contributed by atoms with Gasteiger partial charge in [-0.05, 0) is 60.7 Å². The highest BCUT2D eigenvalue weighted by atomic mass is 16.6. The minimum atomic E-state index is -1.02. The number of carbonyl (C=O) groups is 2. The molecule has 5 aliphatic carbocycles. The van der Waals surface area contributed by atoms with Gasteiger partial charge in [0.25, 0.3) is 0 Å². The zero-order valence-electron chi connectivity index (χ0n) is 27.0. The third kappa shape index (κ3) is 3.92. The molecule has 1 spiro atoms. The van der Waals surface area contributed by atoms with E-state index in [9.17, 15) is 24.9 Å². The first-order chi connectivity index (χ1) is 19.5. The van der Waals surface area contributed by atoms with E-state index in [-0.39, 0.29) is 29.1 Å². The van der Waals surface area contributed by atoms with Crippen LogP contribution in [0.15, 0.2) is 0 Å². The number of rotatable bonds is 6. The number of epoxide rings is 1. The summed E-state index contributed by atoms with van der Waals surface area (Å²) >= 11 is 0. The summed E-state index contributed by atoms with van der Waals surface area (Å²) in [6.45, 7) is 18.7. The van der Waals surface area contributed by atoms with E-state index >= 15 is 0 Å². The Kier molecular flexibility index (Phi) is 7.07. The van der Waals surface area contributed by atoms with Crippen LogP contribution in [0.5, 0.6) is 0 Å². The Balaban J connectivity index is 1.46. The molecule has 0 aromatic rings. The first kappa shape index (κ1) is 30.8. The van der Waals surface area contributed by atoms with Gasteiger partial charge in [-0.1, -0.05) is 48.5 Å². The van der Waals surface area contributed by atoms with Crippen LogP contribution in [0.2, 0.25) is 0 Å². The van der Waals surface area contributed by atoms with Gasteiger partial charge in [0.2, 0.25) is 0 Å². The van der Waals surface area contributed by atoms with E-state index in [1.165, 1.54) is 13.8 Å². The van der Waals surface area contributed by atoms with Crippen molar-refractivity contribution in [2.24, 2.45) is 63.6 Å². The number of esters is 2. The van der Waals surface area contributed by atoms with Gasteiger partial charge >= 0.3 is 11.9 Å². The summed E-state index contributed by atoms with van der Waals surface area (Å²) in [5.41, 5.74) is -1.78. The number of fused-ring (bicyclic) bond motifs is 4. The van der Waals surface area contributed by atoms with Crippen molar-refractivity contribution in [2.75, 3.05) is 0 Å². The van der Waals surface area contributed by atoms with Crippen molar-refractivity contribution >= 4 is 11.9 Å². The lowest BCUT2D eigenvalue weighted by molar-refractivity contribution is -0.258. The Morgan fingerprint density at radius 3 is 2.12 bits per heavy atom. The number of hydrogen-bond donors (Lipinski definition) is 3. The topological polar surface area (TPSA) is 126 Å². The molecule has 1 aliphatic heterocycles. The maximum Gasteiger partial charge on any atom is 0.303 e. The largest absolute Gasteiger partial charge is 0.462 e. The molecule has 0 bridgehead atoms. The molecule has 6 rings (SSSR count). The molecule has 8 nitrogen and oxygen atoms in total. The fourth-order valence-corrected chi connectivity index (χ4v) is 12.0. The van der Waals surface area contributed by atoms with Crippen LogP contribution in [0.4, 0.5) is 0 Å². The molecule has 42 heavy (non-hydrogen) atoms. The Morgan fingerprint density at radius 1 is 0.881 bits per heavy atom. The zero-order chi connectivity index (χ0) is 30.9. The molecule has 6 fully saturated rings. The predicted octanol–water partition coefficient (Wildman–Crippen LogP) is 4.12. The summed E-state index contributed by atoms with van der Waals surface area (Å²) in [6, 6.07) is 0. The van der Waals surface area contributed by atoms with Crippen LogP contribution in [0.25, 0.3) is 0 Å². The number of aliphatic hydroxyl groups is 3. The molecular weight excluding hydrogens is 536 g/mol. The highest BCUT2D eigenvalue weighted by Gasteiger charge is 2.83. The fraction of sp³-hybridized carbons (Fsp3) is 0.941. The highest BCUT2D eigenvalue weighted by Crippen LogP contribution is 2.76. The van der Waals surface area contributed by atoms with E-state index in [0.29, 0.717) is 43.4 Å². The summed E-state index contributed by atoms with van der Waals surface area (Å²) in [7, 11) is 0. The van der Waals surface area contributed by atoms with Crippen LogP contribution >= 0.6 is 0 Å². The van der Waals surface area contributed by atoms with Gasteiger partial charge in [0.15, 0.2) is 0 Å². The van der Waals surface area contributed by atoms with Crippen LogP contribution < -0.4 is 0 Å². The SMILES string of the molecule is CC(=O)OC1C[C@H](C(C)[C@H]2C[C@]2(C)C(C)C(C)C)[C@]2(C)C1C1C(O)[C@H]3O[C@]34C[C@@H](O)CC[C@]4(C)C1C(O)[C@H]2OC(C)=O. The van der Waals surface area contributed by atoms with Gasteiger partial charge in [0.05, 0.1) is 18.3 Å². The molecule has 5 saturated carbocycles. The maximum absolute atomic E-state index is 12.7. The standard InChI is InChI=1S/C34H54O8/c1-15(2)17(4)31(7)14-22(31)16(3)21-12-23(40-18(5)35)25-24-26(28(39)29(33(21,25)9)41-19(6)36)32(8)11-10-20(37)13-34(32)30(42-34)27(24)38/h15-17,20-30,37-39H,10-14H2,1-9H3/t16?,17?,20-,21+,22+,23?,24?,25?,26?,27?,28?,29+,30+,31+,32+,33+,34+/m0/s1. The molecule has 0 radical (unpaired) electrons. The lowest BCUT2D eigenvalue weighted by Crippen LogP contribution is -2.72. The van der Waals surface area contributed by atoms with Crippen LogP contribution in [0, 0.1) is 63.6 Å². The van der Waals surface area contributed by atoms with Gasteiger partial charge in [-0.25, -0.2) is 0 Å². The van der Waals surface area contributed by atoms with E-state index in [1.54, 1.807) is 0 Å². The quantitative estimate of drug-likeness (QED) is 0.312. The summed E-state index contributed by atoms with van der Waals surface area (Å²) in [4.78, 5) is 25.3. The minimum absolute atomic E-state index is 0.0120. The second-order valence-corrected chi connectivity index (χ2v) is 16.4. The maximum atomic E-state index is 12.7. The van der Waals surface area contributed by atoms with Gasteiger partial charge < -0.3 is 29.5 Å². The molecular formula is C34H54O8. The first-order valence-corrected chi connectivity index (χ1v) is 16.5. The zero-order valence-corrected chi connectivity index (χ0v) is 27.0. The Hall–Kier alpha value is -1.22. The van der Waals surface area contributed by atoms with Crippen LogP contribution in [-0.4, -0.2) is 69.5 Å². The van der Waals surface area contributed by atoms with Crippen LogP contribution in [-0.2, 0) is 23.8 Å². The molecule has 238 valence electrons. The monoisotopic (exact) mass is 590 g/mol. The average molecular weight is 591 g/mol. The molecule has 0 aromatic heterocycles. The van der Waals surface area contributed by atoms with Crippen LogP contribution in [0.3, 0.4) is 0 Å². The average Bonchev–Trinajstić information content (AvgIpc) is 3.77. The first-order valence-electron chi connectivity index (χ1n) is 16.5. The molecule has 8 unspecified atom stereocenters. The van der Waals surface area contributed by atoms with E-state index in [4.69, 9.17) is 14.2 Å². The van der Waals surface area contributed by atoms with Crippen molar-refractivity contribution < 1.29 is 39.1 Å². The Labute approximate surface area is 251 Å². The second-order valence-electron chi connectivity index (χ2n) is 16.4. The Morgan fingerprint density at radius 2 is 1.52 bits per heavy atom. The molecule has 3 N–H and O–H groups in total. The second kappa shape index (κ2) is 9.64. The summed E-state index contributed by atoms with van der Waals surface area (Å²) in [5.74, 6) is -0.144. The summed E-state index contributed by atoms with van der Waals surface area (Å²) in [5, 5.41) is 35.1. The number of aliphatic hydroxyl groups excluding tert-OH is 3. The summed E-state index contributed by atoms with van der Waals surface area (Å²) < 4.78 is 18.7. The van der Waals surface area contributed by atoms with Gasteiger partial charge in [-0.15, -0.1) is 0 Å². The van der Waals surface area contributed by atoms with Crippen molar-refractivity contribution in [1.29, 1.82) is 0 Å². The number of hydrogen-bond acceptors (Lipinski definition) is 8. The van der Waals surface area contributed by atoms with Gasteiger partial charge in [0.1, 0.15) is 23.9 Å². The van der Waals surface area contributed by atoms with Crippen LogP contribution in [0.1, 0.15) is 94.4 Å². The minimum Gasteiger partial charge on any atom is -0.462 e. The number of carbonyl (C=O) groups excluding carboxylic acids is 2. The third-order valence-electron chi connectivity index (χ3n) is 14.5. The predicted molar refractivity (Wildman–Crippen MR) is 155 cm³/mol. The molecule has 0 amide bonds. The molecule has 8 heteroatoms. The Bertz CT molecular complexity index is 1120. The third-order valence-corrected chi connectivity index (χ3v) is 14.5. The molecule has 6 aliphatic rings. The van der Waals surface area contributed by atoms with Crippen molar-refractivity contribution in [1.82, 2.24) is 0 Å². The van der Waals surface area contributed by atoms with E-state index < -0.39 is 70.9 Å². The summed E-state index contributed by atoms with van der Waals surface area (Å²) in [6.07, 6.45) is -0.777. The normalized spacial score (nSPS) is 55.4. The highest BCUT2D eigenvalue weighted by molar-refractivity contribution is 5.67.